The number of carbonyl (C=O) groups is 1. The quantitative estimate of drug-likeness (QED) is 0.495. The minimum Gasteiger partial charge on any atom is -0.362 e. The molecule has 0 bridgehead atoms. The van der Waals surface area contributed by atoms with Gasteiger partial charge in [-0.05, 0) is 67.1 Å². The molecule has 3 aromatic carbocycles. The summed E-state index contributed by atoms with van der Waals surface area (Å²) >= 11 is 5.91. The second-order valence-electron chi connectivity index (χ2n) is 7.55. The number of hydrogen-bond donors (Lipinski definition) is 1. The number of carbonyl (C=O) groups excluding carboxylic acids is 1. The monoisotopic (exact) mass is 416 g/mol. The third-order valence-electron chi connectivity index (χ3n) is 5.59. The minimum absolute atomic E-state index is 0.144. The number of aryl methyl sites for hydroxylation is 1. The van der Waals surface area contributed by atoms with Gasteiger partial charge in [0.15, 0.2) is 0 Å². The van der Waals surface area contributed by atoms with Crippen molar-refractivity contribution in [3.05, 3.63) is 88.7 Å². The summed E-state index contributed by atoms with van der Waals surface area (Å²) < 4.78 is 2.30. The fraction of sp³-hybridized carbons (Fsp3) is 0.167. The third-order valence-corrected chi connectivity index (χ3v) is 5.84. The zero-order valence-corrected chi connectivity index (χ0v) is 17.4. The molecule has 6 heteroatoms. The molecule has 5 nitrogen and oxygen atoms in total. The summed E-state index contributed by atoms with van der Waals surface area (Å²) in [5, 5.41) is 3.61. The van der Waals surface area contributed by atoms with Gasteiger partial charge in [-0.2, -0.15) is 0 Å². The van der Waals surface area contributed by atoms with Gasteiger partial charge in [0.25, 0.3) is 5.91 Å². The topological polar surface area (TPSA) is 50.2 Å². The van der Waals surface area contributed by atoms with Crippen molar-refractivity contribution >= 4 is 39.9 Å². The number of anilines is 2. The van der Waals surface area contributed by atoms with Gasteiger partial charge in [-0.15, -0.1) is 0 Å². The van der Waals surface area contributed by atoms with E-state index in [0.29, 0.717) is 10.6 Å². The number of para-hydroxylation sites is 2. The van der Waals surface area contributed by atoms with Gasteiger partial charge < -0.3 is 14.8 Å². The van der Waals surface area contributed by atoms with Crippen LogP contribution in [-0.4, -0.2) is 22.0 Å². The van der Waals surface area contributed by atoms with Crippen LogP contribution in [0.15, 0.2) is 66.7 Å². The number of benzene rings is 3. The highest BCUT2D eigenvalue weighted by molar-refractivity contribution is 6.30. The lowest BCUT2D eigenvalue weighted by Gasteiger charge is -2.30. The van der Waals surface area contributed by atoms with E-state index in [0.717, 1.165) is 47.9 Å². The number of aromatic nitrogens is 2. The molecule has 1 aromatic heterocycles. The molecule has 0 aliphatic carbocycles. The lowest BCUT2D eigenvalue weighted by molar-refractivity contribution is 0.102. The Labute approximate surface area is 179 Å². The van der Waals surface area contributed by atoms with E-state index in [1.807, 2.05) is 19.1 Å². The maximum atomic E-state index is 12.5. The predicted molar refractivity (Wildman–Crippen MR) is 121 cm³/mol. The first-order valence-electron chi connectivity index (χ1n) is 9.95. The Bertz CT molecular complexity index is 1250. The number of halogens is 1. The summed E-state index contributed by atoms with van der Waals surface area (Å²) in [5.41, 5.74) is 5.79. The smallest absolute Gasteiger partial charge is 0.255 e. The van der Waals surface area contributed by atoms with Crippen molar-refractivity contribution in [3.63, 3.8) is 0 Å². The SMILES string of the molecule is Cc1cc(N2CCn3c(nc4ccccc43)C2)ccc1NC(=O)c1ccc(Cl)cc1. The van der Waals surface area contributed by atoms with Crippen LogP contribution in [0.2, 0.25) is 5.02 Å². The van der Waals surface area contributed by atoms with Crippen molar-refractivity contribution in [2.75, 3.05) is 16.8 Å². The number of amides is 1. The molecule has 0 atom stereocenters. The van der Waals surface area contributed by atoms with Crippen molar-refractivity contribution in [3.8, 4) is 0 Å². The maximum Gasteiger partial charge on any atom is 0.255 e. The Balaban J connectivity index is 1.34. The van der Waals surface area contributed by atoms with Crippen LogP contribution in [0.4, 0.5) is 11.4 Å². The van der Waals surface area contributed by atoms with Crippen molar-refractivity contribution < 1.29 is 4.79 Å². The first-order chi connectivity index (χ1) is 14.6. The Kier molecular flexibility index (Phi) is 4.68. The largest absolute Gasteiger partial charge is 0.362 e. The molecule has 0 saturated carbocycles. The van der Waals surface area contributed by atoms with Crippen LogP contribution in [0.25, 0.3) is 11.0 Å². The van der Waals surface area contributed by atoms with E-state index in [1.165, 1.54) is 5.52 Å². The van der Waals surface area contributed by atoms with Gasteiger partial charge in [-0.25, -0.2) is 4.98 Å². The van der Waals surface area contributed by atoms with Crippen LogP contribution in [0.1, 0.15) is 21.7 Å². The maximum absolute atomic E-state index is 12.5. The lowest BCUT2D eigenvalue weighted by Crippen LogP contribution is -2.33. The molecule has 150 valence electrons. The highest BCUT2D eigenvalue weighted by Gasteiger charge is 2.20. The fourth-order valence-electron chi connectivity index (χ4n) is 3.97. The number of nitrogens with one attached hydrogen (secondary N) is 1. The zero-order chi connectivity index (χ0) is 20.7. The highest BCUT2D eigenvalue weighted by atomic mass is 35.5. The lowest BCUT2D eigenvalue weighted by atomic mass is 10.1. The summed E-state index contributed by atoms with van der Waals surface area (Å²) in [6.07, 6.45) is 0. The molecule has 0 saturated heterocycles. The minimum atomic E-state index is -0.144. The molecule has 4 aromatic rings. The molecule has 0 unspecified atom stereocenters. The first-order valence-corrected chi connectivity index (χ1v) is 10.3. The van der Waals surface area contributed by atoms with E-state index in [-0.39, 0.29) is 5.91 Å². The molecule has 1 amide bonds. The van der Waals surface area contributed by atoms with E-state index in [4.69, 9.17) is 16.6 Å². The summed E-state index contributed by atoms with van der Waals surface area (Å²) in [7, 11) is 0. The molecule has 2 heterocycles. The molecule has 5 rings (SSSR count). The average Bonchev–Trinajstić information content (AvgIpc) is 3.13. The normalized spacial score (nSPS) is 13.3. The number of nitrogens with zero attached hydrogens (tertiary/aromatic N) is 3. The Morgan fingerprint density at radius 1 is 1.03 bits per heavy atom. The van der Waals surface area contributed by atoms with Crippen LogP contribution in [0.5, 0.6) is 0 Å². The molecule has 1 N–H and O–H groups in total. The van der Waals surface area contributed by atoms with E-state index in [1.54, 1.807) is 24.3 Å². The molecule has 1 aliphatic heterocycles. The van der Waals surface area contributed by atoms with Gasteiger partial charge in [0.1, 0.15) is 5.82 Å². The second kappa shape index (κ2) is 7.50. The van der Waals surface area contributed by atoms with Crippen LogP contribution < -0.4 is 10.2 Å². The molecule has 0 fully saturated rings. The van der Waals surface area contributed by atoms with E-state index in [9.17, 15) is 4.79 Å². The van der Waals surface area contributed by atoms with E-state index < -0.39 is 0 Å². The van der Waals surface area contributed by atoms with Crippen LogP contribution in [0, 0.1) is 6.92 Å². The van der Waals surface area contributed by atoms with Crippen molar-refractivity contribution in [2.24, 2.45) is 0 Å². The van der Waals surface area contributed by atoms with Crippen molar-refractivity contribution in [2.45, 2.75) is 20.0 Å². The predicted octanol–water partition coefficient (Wildman–Crippen LogP) is 5.27. The Morgan fingerprint density at radius 3 is 2.63 bits per heavy atom. The summed E-state index contributed by atoms with van der Waals surface area (Å²) in [4.78, 5) is 19.6. The number of imidazole rings is 1. The van der Waals surface area contributed by atoms with Gasteiger partial charge in [0.05, 0.1) is 17.6 Å². The average molecular weight is 417 g/mol. The number of fused-ring (bicyclic) bond motifs is 3. The molecule has 30 heavy (non-hydrogen) atoms. The Hall–Kier alpha value is -3.31. The van der Waals surface area contributed by atoms with Gasteiger partial charge >= 0.3 is 0 Å². The fourth-order valence-corrected chi connectivity index (χ4v) is 4.09. The van der Waals surface area contributed by atoms with E-state index in [2.05, 4.69) is 45.1 Å². The van der Waals surface area contributed by atoms with Crippen molar-refractivity contribution in [1.29, 1.82) is 0 Å². The number of rotatable bonds is 3. The number of hydrogen-bond acceptors (Lipinski definition) is 3. The summed E-state index contributed by atoms with van der Waals surface area (Å²) in [5.74, 6) is 0.939. The molecule has 0 radical (unpaired) electrons. The van der Waals surface area contributed by atoms with Crippen LogP contribution >= 0.6 is 11.6 Å². The molecular formula is C24H21ClN4O. The molecule has 0 spiro atoms. The van der Waals surface area contributed by atoms with Gasteiger partial charge in [0, 0.05) is 35.1 Å². The highest BCUT2D eigenvalue weighted by Crippen LogP contribution is 2.28. The summed E-state index contributed by atoms with van der Waals surface area (Å²) in [6.45, 7) is 4.61. The Morgan fingerprint density at radius 2 is 1.83 bits per heavy atom. The van der Waals surface area contributed by atoms with Gasteiger partial charge in [-0.3, -0.25) is 4.79 Å². The van der Waals surface area contributed by atoms with Gasteiger partial charge in [0.2, 0.25) is 0 Å². The molecular weight excluding hydrogens is 396 g/mol. The van der Waals surface area contributed by atoms with Crippen molar-refractivity contribution in [1.82, 2.24) is 9.55 Å². The van der Waals surface area contributed by atoms with Gasteiger partial charge in [-0.1, -0.05) is 23.7 Å². The zero-order valence-electron chi connectivity index (χ0n) is 16.6. The first kappa shape index (κ1) is 18.7. The summed E-state index contributed by atoms with van der Waals surface area (Å²) in [6, 6.07) is 21.3. The molecule has 1 aliphatic rings. The third kappa shape index (κ3) is 3.42. The van der Waals surface area contributed by atoms with E-state index >= 15 is 0 Å². The second-order valence-corrected chi connectivity index (χ2v) is 7.99. The van der Waals surface area contributed by atoms with Crippen LogP contribution in [-0.2, 0) is 13.1 Å². The van der Waals surface area contributed by atoms with Crippen LogP contribution in [0.3, 0.4) is 0 Å². The standard InChI is InChI=1S/C24H21ClN4O/c1-16-14-19(10-11-20(16)27-24(30)17-6-8-18(25)9-7-17)28-12-13-29-22-5-3-2-4-21(22)26-23(29)15-28/h2-11,14H,12-13,15H2,1H3,(H,27,30).